The standard InChI is InChI=1S/C28H46O6/c1-5-7-12-29-14-16-31-18-20-33-23-25(3)27-10-9-11-28(22-27)26(4)24-34-21-19-32-17-15-30-13-8-6-2/h9-11,22-24H,5-8,12-21H2,1-4H3/b25-23+,26-24+. The topological polar surface area (TPSA) is 55.4 Å². The second kappa shape index (κ2) is 21.7. The van der Waals surface area contributed by atoms with Gasteiger partial charge in [-0.3, -0.25) is 0 Å². The van der Waals surface area contributed by atoms with E-state index < -0.39 is 0 Å². The Bertz CT molecular complexity index is 617. The van der Waals surface area contributed by atoms with E-state index in [-0.39, 0.29) is 0 Å². The molecule has 0 spiro atoms. The van der Waals surface area contributed by atoms with E-state index in [9.17, 15) is 0 Å². The van der Waals surface area contributed by atoms with Crippen molar-refractivity contribution in [3.8, 4) is 0 Å². The lowest BCUT2D eigenvalue weighted by molar-refractivity contribution is 0.0300. The van der Waals surface area contributed by atoms with E-state index in [2.05, 4.69) is 32.0 Å². The van der Waals surface area contributed by atoms with Gasteiger partial charge in [0.2, 0.25) is 0 Å². The van der Waals surface area contributed by atoms with Crippen molar-refractivity contribution < 1.29 is 28.4 Å². The summed E-state index contributed by atoms with van der Waals surface area (Å²) >= 11 is 0. The van der Waals surface area contributed by atoms with E-state index >= 15 is 0 Å². The Hall–Kier alpha value is -1.86. The summed E-state index contributed by atoms with van der Waals surface area (Å²) in [6.07, 6.45) is 8.08. The van der Waals surface area contributed by atoms with E-state index in [0.29, 0.717) is 52.9 Å². The van der Waals surface area contributed by atoms with Gasteiger partial charge in [-0.05, 0) is 55.0 Å². The molecule has 0 heterocycles. The number of hydrogen-bond acceptors (Lipinski definition) is 6. The third-order valence-corrected chi connectivity index (χ3v) is 5.01. The summed E-state index contributed by atoms with van der Waals surface area (Å²) in [6.45, 7) is 14.6. The van der Waals surface area contributed by atoms with Crippen molar-refractivity contribution in [2.75, 3.05) is 66.1 Å². The predicted molar refractivity (Wildman–Crippen MR) is 139 cm³/mol. The summed E-state index contributed by atoms with van der Waals surface area (Å²) in [5.74, 6) is 0. The summed E-state index contributed by atoms with van der Waals surface area (Å²) in [5, 5.41) is 0. The summed E-state index contributed by atoms with van der Waals surface area (Å²) < 4.78 is 33.3. The van der Waals surface area contributed by atoms with Gasteiger partial charge in [0.1, 0.15) is 13.2 Å². The highest BCUT2D eigenvalue weighted by molar-refractivity contribution is 5.70. The molecule has 0 bridgehead atoms. The molecule has 0 amide bonds. The maximum atomic E-state index is 5.64. The zero-order chi connectivity index (χ0) is 24.7. The van der Waals surface area contributed by atoms with Gasteiger partial charge in [0.05, 0.1) is 52.2 Å². The first-order valence-electron chi connectivity index (χ1n) is 12.7. The molecule has 1 aromatic rings. The lowest BCUT2D eigenvalue weighted by atomic mass is 10.0. The third kappa shape index (κ3) is 15.9. The normalized spacial score (nSPS) is 12.2. The van der Waals surface area contributed by atoms with E-state index in [1.165, 1.54) is 0 Å². The van der Waals surface area contributed by atoms with Gasteiger partial charge in [-0.1, -0.05) is 44.9 Å². The maximum absolute atomic E-state index is 5.64. The minimum absolute atomic E-state index is 0.520. The van der Waals surface area contributed by atoms with Crippen LogP contribution in [-0.4, -0.2) is 66.1 Å². The second-order valence-electron chi connectivity index (χ2n) is 8.08. The van der Waals surface area contributed by atoms with Gasteiger partial charge in [0.15, 0.2) is 0 Å². The Morgan fingerprint density at radius 1 is 0.588 bits per heavy atom. The van der Waals surface area contributed by atoms with Crippen LogP contribution in [0.2, 0.25) is 0 Å². The first kappa shape index (κ1) is 30.2. The van der Waals surface area contributed by atoms with Crippen molar-refractivity contribution in [1.29, 1.82) is 0 Å². The smallest absolute Gasteiger partial charge is 0.111 e. The molecule has 0 unspecified atom stereocenters. The van der Waals surface area contributed by atoms with Crippen molar-refractivity contribution in [3.05, 3.63) is 47.9 Å². The number of rotatable bonds is 22. The van der Waals surface area contributed by atoms with Gasteiger partial charge in [0, 0.05) is 13.2 Å². The molecule has 6 nitrogen and oxygen atoms in total. The largest absolute Gasteiger partial charge is 0.498 e. The first-order valence-corrected chi connectivity index (χ1v) is 12.7. The van der Waals surface area contributed by atoms with E-state index in [4.69, 9.17) is 28.4 Å². The lowest BCUT2D eigenvalue weighted by Crippen LogP contribution is -2.08. The Balaban J connectivity index is 2.25. The minimum Gasteiger partial charge on any atom is -0.498 e. The van der Waals surface area contributed by atoms with Crippen LogP contribution in [0.5, 0.6) is 0 Å². The van der Waals surface area contributed by atoms with Gasteiger partial charge >= 0.3 is 0 Å². The number of allylic oxidation sites excluding steroid dienone is 2. The van der Waals surface area contributed by atoms with Crippen LogP contribution in [0, 0.1) is 0 Å². The molecule has 0 aliphatic heterocycles. The maximum Gasteiger partial charge on any atom is 0.111 e. The molecule has 0 atom stereocenters. The molecule has 0 saturated heterocycles. The van der Waals surface area contributed by atoms with Crippen molar-refractivity contribution in [2.24, 2.45) is 0 Å². The highest BCUT2D eigenvalue weighted by Crippen LogP contribution is 2.20. The van der Waals surface area contributed by atoms with Crippen molar-refractivity contribution in [3.63, 3.8) is 0 Å². The molecule has 0 aliphatic rings. The molecule has 0 aliphatic carbocycles. The fourth-order valence-electron chi connectivity index (χ4n) is 2.86. The Kier molecular flexibility index (Phi) is 19.2. The SMILES string of the molecule is CCCCOCCOCCO/C=C(\C)c1cccc(/C(C)=C/OCCOCCOCCCC)c1. The number of hydrogen-bond donors (Lipinski definition) is 0. The monoisotopic (exact) mass is 478 g/mol. The van der Waals surface area contributed by atoms with Gasteiger partial charge in [-0.15, -0.1) is 0 Å². The molecule has 194 valence electrons. The number of benzene rings is 1. The van der Waals surface area contributed by atoms with Crippen LogP contribution in [0.25, 0.3) is 11.1 Å². The van der Waals surface area contributed by atoms with Crippen LogP contribution in [0.15, 0.2) is 36.8 Å². The van der Waals surface area contributed by atoms with Crippen LogP contribution in [0.3, 0.4) is 0 Å². The third-order valence-electron chi connectivity index (χ3n) is 5.01. The summed E-state index contributed by atoms with van der Waals surface area (Å²) in [4.78, 5) is 0. The summed E-state index contributed by atoms with van der Waals surface area (Å²) in [7, 11) is 0. The zero-order valence-corrected chi connectivity index (χ0v) is 21.8. The molecule has 0 radical (unpaired) electrons. The van der Waals surface area contributed by atoms with Crippen LogP contribution in [0.4, 0.5) is 0 Å². The van der Waals surface area contributed by atoms with Crippen molar-refractivity contribution in [1.82, 2.24) is 0 Å². The van der Waals surface area contributed by atoms with Gasteiger partial charge < -0.3 is 28.4 Å². The van der Waals surface area contributed by atoms with Crippen LogP contribution >= 0.6 is 0 Å². The summed E-state index contributed by atoms with van der Waals surface area (Å²) in [6, 6.07) is 8.34. The zero-order valence-electron chi connectivity index (χ0n) is 21.8. The molecule has 0 aromatic heterocycles. The van der Waals surface area contributed by atoms with Crippen molar-refractivity contribution >= 4 is 11.1 Å². The van der Waals surface area contributed by atoms with Gasteiger partial charge in [-0.2, -0.15) is 0 Å². The predicted octanol–water partition coefficient (Wildman–Crippen LogP) is 6.11. The molecular formula is C28H46O6. The van der Waals surface area contributed by atoms with Crippen LogP contribution in [-0.2, 0) is 28.4 Å². The molecule has 0 N–H and O–H groups in total. The fraction of sp³-hybridized carbons (Fsp3) is 0.643. The highest BCUT2D eigenvalue weighted by Gasteiger charge is 2.01. The molecule has 1 aromatic carbocycles. The molecule has 6 heteroatoms. The Morgan fingerprint density at radius 3 is 1.38 bits per heavy atom. The number of ether oxygens (including phenoxy) is 6. The van der Waals surface area contributed by atoms with Crippen molar-refractivity contribution in [2.45, 2.75) is 53.4 Å². The van der Waals surface area contributed by atoms with E-state index in [1.54, 1.807) is 12.5 Å². The second-order valence-corrected chi connectivity index (χ2v) is 8.08. The lowest BCUT2D eigenvalue weighted by Gasteiger charge is -2.09. The van der Waals surface area contributed by atoms with E-state index in [1.807, 2.05) is 19.9 Å². The van der Waals surface area contributed by atoms with Gasteiger partial charge in [0.25, 0.3) is 0 Å². The molecule has 34 heavy (non-hydrogen) atoms. The van der Waals surface area contributed by atoms with Crippen LogP contribution < -0.4 is 0 Å². The average Bonchev–Trinajstić information content (AvgIpc) is 2.86. The first-order chi connectivity index (χ1) is 16.7. The molecule has 0 saturated carbocycles. The van der Waals surface area contributed by atoms with Crippen LogP contribution in [0.1, 0.15) is 64.5 Å². The molecule has 1 rings (SSSR count). The minimum atomic E-state index is 0.520. The quantitative estimate of drug-likeness (QED) is 0.148. The summed E-state index contributed by atoms with van der Waals surface area (Å²) in [5.41, 5.74) is 4.35. The molecular weight excluding hydrogens is 432 g/mol. The Labute approximate surface area is 207 Å². The fourth-order valence-corrected chi connectivity index (χ4v) is 2.86. The Morgan fingerprint density at radius 2 is 0.971 bits per heavy atom. The average molecular weight is 479 g/mol. The highest BCUT2D eigenvalue weighted by atomic mass is 16.5. The number of unbranched alkanes of at least 4 members (excludes halogenated alkanes) is 2. The van der Waals surface area contributed by atoms with E-state index in [0.717, 1.165) is 61.2 Å². The molecule has 0 fully saturated rings. The van der Waals surface area contributed by atoms with Gasteiger partial charge in [-0.25, -0.2) is 0 Å².